The number of aliphatic hydroxyl groups is 1. The number of Topliss-reactive ketones (excluding diaryl/α,β-unsaturated/α-hetero) is 1. The monoisotopic (exact) mass is 359 g/mol. The molecule has 3 unspecified atom stereocenters. The van der Waals surface area contributed by atoms with Crippen molar-refractivity contribution >= 4 is 35.4 Å². The first-order valence-electron chi connectivity index (χ1n) is 8.04. The van der Waals surface area contributed by atoms with Crippen LogP contribution >= 0.6 is 23.4 Å². The van der Waals surface area contributed by atoms with E-state index in [9.17, 15) is 9.90 Å². The number of rotatable bonds is 10. The third-order valence-corrected chi connectivity index (χ3v) is 5.02. The molecule has 6 heteroatoms. The number of oxime groups is 1. The Balaban J connectivity index is 2.42. The van der Waals surface area contributed by atoms with Crippen molar-refractivity contribution in [2.75, 3.05) is 12.4 Å². The number of hydrogen-bond acceptors (Lipinski definition) is 5. The number of nitrogens with zero attached hydrogens (tertiary/aromatic N) is 1. The van der Waals surface area contributed by atoms with Gasteiger partial charge in [-0.25, -0.2) is 0 Å². The van der Waals surface area contributed by atoms with E-state index in [1.54, 1.807) is 18.4 Å². The highest BCUT2D eigenvalue weighted by molar-refractivity contribution is 7.99. The first kappa shape index (κ1) is 20.1. The molecule has 0 aromatic rings. The Morgan fingerprint density at radius 1 is 1.61 bits per heavy atom. The molecule has 0 saturated heterocycles. The second-order valence-electron chi connectivity index (χ2n) is 5.63. The van der Waals surface area contributed by atoms with Crippen molar-refractivity contribution < 1.29 is 14.7 Å². The molecule has 0 amide bonds. The van der Waals surface area contributed by atoms with E-state index in [1.807, 2.05) is 11.8 Å². The largest absolute Gasteiger partial charge is 0.505 e. The maximum Gasteiger partial charge on any atom is 0.199 e. The minimum Gasteiger partial charge on any atom is -0.505 e. The van der Waals surface area contributed by atoms with Gasteiger partial charge in [-0.2, -0.15) is 11.8 Å². The van der Waals surface area contributed by atoms with Gasteiger partial charge in [0.2, 0.25) is 0 Å². The van der Waals surface area contributed by atoms with E-state index in [0.717, 1.165) is 31.4 Å². The number of hydrogen-bond donors (Lipinski definition) is 1. The fourth-order valence-corrected chi connectivity index (χ4v) is 3.74. The summed E-state index contributed by atoms with van der Waals surface area (Å²) in [7, 11) is 0. The normalized spacial score (nSPS) is 23.4. The maximum absolute atomic E-state index is 12.1. The summed E-state index contributed by atoms with van der Waals surface area (Å²) in [6.07, 6.45) is 8.30. The number of allylic oxidation sites excluding steroid dienone is 2. The van der Waals surface area contributed by atoms with Crippen LogP contribution in [-0.2, 0) is 9.63 Å². The third kappa shape index (κ3) is 7.93. The molecule has 0 saturated carbocycles. The predicted molar refractivity (Wildman–Crippen MR) is 98.2 cm³/mol. The number of aliphatic hydroxyl groups excluding tert-OH is 1. The Morgan fingerprint density at radius 3 is 3.09 bits per heavy atom. The fourth-order valence-electron chi connectivity index (χ4n) is 2.73. The summed E-state index contributed by atoms with van der Waals surface area (Å²) in [5.74, 6) is 1.02. The van der Waals surface area contributed by atoms with Gasteiger partial charge in [0.15, 0.2) is 11.5 Å². The van der Waals surface area contributed by atoms with E-state index >= 15 is 0 Å². The van der Waals surface area contributed by atoms with Crippen molar-refractivity contribution in [3.8, 4) is 0 Å². The third-order valence-electron chi connectivity index (χ3n) is 3.75. The van der Waals surface area contributed by atoms with Crippen molar-refractivity contribution in [2.24, 2.45) is 17.0 Å². The molecule has 1 rings (SSSR count). The van der Waals surface area contributed by atoms with Crippen LogP contribution in [0.15, 0.2) is 28.6 Å². The molecule has 0 aromatic carbocycles. The molecule has 23 heavy (non-hydrogen) atoms. The van der Waals surface area contributed by atoms with E-state index in [1.165, 1.54) is 5.54 Å². The number of carbonyl (C=O) groups is 1. The van der Waals surface area contributed by atoms with Gasteiger partial charge in [0, 0.05) is 22.9 Å². The van der Waals surface area contributed by atoms with Crippen LogP contribution in [-0.4, -0.2) is 34.7 Å². The molecule has 0 radical (unpaired) electrons. The number of ketones is 1. The molecule has 0 aliphatic heterocycles. The maximum atomic E-state index is 12.1. The van der Waals surface area contributed by atoms with Crippen molar-refractivity contribution in [3.05, 3.63) is 23.4 Å². The van der Waals surface area contributed by atoms with E-state index < -0.39 is 0 Å². The zero-order chi connectivity index (χ0) is 17.1. The molecule has 0 spiro atoms. The van der Waals surface area contributed by atoms with Crippen LogP contribution in [0.5, 0.6) is 0 Å². The second-order valence-corrected chi connectivity index (χ2v) is 7.60. The van der Waals surface area contributed by atoms with Gasteiger partial charge in [0.05, 0.1) is 0 Å². The van der Waals surface area contributed by atoms with E-state index in [2.05, 4.69) is 19.0 Å². The Labute approximate surface area is 148 Å². The lowest BCUT2D eigenvalue weighted by atomic mass is 9.80. The zero-order valence-electron chi connectivity index (χ0n) is 13.8. The highest BCUT2D eigenvalue weighted by Gasteiger charge is 2.30. The molecule has 130 valence electrons. The minimum absolute atomic E-state index is 0.0684. The van der Waals surface area contributed by atoms with E-state index in [4.69, 9.17) is 16.4 Å². The van der Waals surface area contributed by atoms with E-state index in [-0.39, 0.29) is 23.4 Å². The van der Waals surface area contributed by atoms with Gasteiger partial charge < -0.3 is 9.94 Å². The number of thioether (sulfide) groups is 1. The fraction of sp³-hybridized carbons (Fsp3) is 0.647. The van der Waals surface area contributed by atoms with E-state index in [0.29, 0.717) is 11.9 Å². The Morgan fingerprint density at radius 2 is 2.39 bits per heavy atom. The average Bonchev–Trinajstić information content (AvgIpc) is 2.51. The standard InChI is InChI=1S/C17H26ClNO3S/c1-3-23-13(2)10-15-11-14(12-16(20)17(15)21)6-4-8-19-22-9-5-7-18/h5,7-8,12-15,20H,3-4,6,9-11H2,1-2H3/b7-5+,19-8?. The molecule has 0 heterocycles. The molecule has 3 atom stereocenters. The molecule has 1 aliphatic rings. The van der Waals surface area contributed by atoms with Gasteiger partial charge in [-0.15, -0.1) is 0 Å². The molecular weight excluding hydrogens is 334 g/mol. The second kappa shape index (κ2) is 11.6. The van der Waals surface area contributed by atoms with Crippen LogP contribution in [0.2, 0.25) is 0 Å². The number of halogens is 1. The lowest BCUT2D eigenvalue weighted by Crippen LogP contribution is -2.27. The van der Waals surface area contributed by atoms with Crippen LogP contribution in [0.3, 0.4) is 0 Å². The van der Waals surface area contributed by atoms with Crippen molar-refractivity contribution in [1.29, 1.82) is 0 Å². The molecule has 0 fully saturated rings. The van der Waals surface area contributed by atoms with Gasteiger partial charge in [0.1, 0.15) is 6.61 Å². The summed E-state index contributed by atoms with van der Waals surface area (Å²) in [4.78, 5) is 17.1. The summed E-state index contributed by atoms with van der Waals surface area (Å²) >= 11 is 7.22. The summed E-state index contributed by atoms with van der Waals surface area (Å²) in [6, 6.07) is 0. The van der Waals surface area contributed by atoms with Gasteiger partial charge >= 0.3 is 0 Å². The quantitative estimate of drug-likeness (QED) is 0.349. The molecule has 0 bridgehead atoms. The predicted octanol–water partition coefficient (Wildman–Crippen LogP) is 4.70. The number of carbonyl (C=O) groups excluding carboxylic acids is 1. The van der Waals surface area contributed by atoms with Crippen molar-refractivity contribution in [2.45, 2.75) is 44.8 Å². The summed E-state index contributed by atoms with van der Waals surface area (Å²) in [6.45, 7) is 4.62. The molecule has 4 nitrogen and oxygen atoms in total. The summed E-state index contributed by atoms with van der Waals surface area (Å²) in [5, 5.41) is 14.2. The highest BCUT2D eigenvalue weighted by atomic mass is 35.5. The highest BCUT2D eigenvalue weighted by Crippen LogP contribution is 2.32. The Kier molecular flexibility index (Phi) is 10.1. The van der Waals surface area contributed by atoms with Crippen LogP contribution in [0.4, 0.5) is 0 Å². The van der Waals surface area contributed by atoms with Gasteiger partial charge in [-0.05, 0) is 49.5 Å². The smallest absolute Gasteiger partial charge is 0.199 e. The first-order chi connectivity index (χ1) is 11.1. The molecular formula is C17H26ClNO3S. The van der Waals surface area contributed by atoms with Crippen molar-refractivity contribution in [3.63, 3.8) is 0 Å². The van der Waals surface area contributed by atoms with Gasteiger partial charge in [0.25, 0.3) is 0 Å². The first-order valence-corrected chi connectivity index (χ1v) is 9.52. The van der Waals surface area contributed by atoms with Crippen LogP contribution in [0.1, 0.15) is 39.5 Å². The lowest BCUT2D eigenvalue weighted by Gasteiger charge is -2.26. The van der Waals surface area contributed by atoms with Crippen LogP contribution in [0, 0.1) is 11.8 Å². The lowest BCUT2D eigenvalue weighted by molar-refractivity contribution is -0.123. The Bertz CT molecular complexity index is 451. The van der Waals surface area contributed by atoms with Crippen molar-refractivity contribution in [1.82, 2.24) is 0 Å². The summed E-state index contributed by atoms with van der Waals surface area (Å²) < 4.78 is 0. The van der Waals surface area contributed by atoms with Gasteiger partial charge in [-0.3, -0.25) is 4.79 Å². The Hall–Kier alpha value is -0.940. The van der Waals surface area contributed by atoms with Crippen LogP contribution in [0.25, 0.3) is 0 Å². The molecule has 1 aliphatic carbocycles. The van der Waals surface area contributed by atoms with Crippen LogP contribution < -0.4 is 0 Å². The topological polar surface area (TPSA) is 58.9 Å². The molecule has 1 N–H and O–H groups in total. The van der Waals surface area contributed by atoms with Gasteiger partial charge in [-0.1, -0.05) is 30.6 Å². The minimum atomic E-state index is -0.102. The zero-order valence-corrected chi connectivity index (χ0v) is 15.4. The average molecular weight is 360 g/mol. The summed E-state index contributed by atoms with van der Waals surface area (Å²) in [5.41, 5.74) is 1.39. The molecule has 0 aromatic heterocycles. The SMILES string of the molecule is CCSC(C)CC1CC(CCC=NOC/C=C/Cl)C=C(O)C1=O.